The first-order valence-corrected chi connectivity index (χ1v) is 6.64. The zero-order chi connectivity index (χ0) is 10.6. The molecule has 0 amide bonds. The largest absolute Gasteiger partial charge is 0.0654 e. The van der Waals surface area contributed by atoms with Gasteiger partial charge in [0.15, 0.2) is 0 Å². The molecule has 0 aromatic heterocycles. The Bertz CT molecular complexity index is 96.2. The van der Waals surface area contributed by atoms with Gasteiger partial charge in [-0.05, 0) is 5.92 Å². The van der Waals surface area contributed by atoms with Crippen molar-refractivity contribution in [3.8, 4) is 0 Å². The molecule has 14 heavy (non-hydrogen) atoms. The van der Waals surface area contributed by atoms with Gasteiger partial charge < -0.3 is 0 Å². The molecule has 1 radical (unpaired) electrons. The van der Waals surface area contributed by atoms with Crippen molar-refractivity contribution in [2.75, 3.05) is 0 Å². The second kappa shape index (κ2) is 11.1. The maximum atomic E-state index is 3.89. The summed E-state index contributed by atoms with van der Waals surface area (Å²) in [6.07, 6.45) is 13.8. The lowest BCUT2D eigenvalue weighted by Gasteiger charge is -2.13. The highest BCUT2D eigenvalue weighted by atomic mass is 14.1. The lowest BCUT2D eigenvalue weighted by molar-refractivity contribution is 0.399. The lowest BCUT2D eigenvalue weighted by Crippen LogP contribution is -1.98. The van der Waals surface area contributed by atoms with Crippen LogP contribution in [0, 0.1) is 12.8 Å². The Balaban J connectivity index is 3.28. The van der Waals surface area contributed by atoms with Gasteiger partial charge in [-0.25, -0.2) is 0 Å². The van der Waals surface area contributed by atoms with Gasteiger partial charge in [0.25, 0.3) is 0 Å². The van der Waals surface area contributed by atoms with Crippen LogP contribution in [0.2, 0.25) is 0 Å². The van der Waals surface area contributed by atoms with Crippen LogP contribution >= 0.6 is 0 Å². The fourth-order valence-corrected chi connectivity index (χ4v) is 2.02. The van der Waals surface area contributed by atoms with Gasteiger partial charge in [-0.1, -0.05) is 85.0 Å². The summed E-state index contributed by atoms with van der Waals surface area (Å²) >= 11 is 0. The topological polar surface area (TPSA) is 0 Å². The Labute approximate surface area is 91.5 Å². The molecular formula is C14H29. The second-order valence-corrected chi connectivity index (χ2v) is 4.47. The summed E-state index contributed by atoms with van der Waals surface area (Å²) in [5.74, 6) is 0.999. The van der Waals surface area contributed by atoms with Crippen LogP contribution < -0.4 is 0 Å². The first kappa shape index (κ1) is 14.0. The summed E-state index contributed by atoms with van der Waals surface area (Å²) in [5.41, 5.74) is 0. The minimum Gasteiger partial charge on any atom is -0.0654 e. The van der Waals surface area contributed by atoms with Crippen LogP contribution in [0.15, 0.2) is 0 Å². The van der Waals surface area contributed by atoms with Gasteiger partial charge in [-0.3, -0.25) is 0 Å². The highest BCUT2D eigenvalue weighted by molar-refractivity contribution is 4.58. The molecule has 0 heteroatoms. The maximum Gasteiger partial charge on any atom is -0.0417 e. The maximum absolute atomic E-state index is 3.89. The Morgan fingerprint density at radius 2 is 1.50 bits per heavy atom. The molecule has 0 aliphatic carbocycles. The molecule has 1 unspecified atom stereocenters. The molecule has 0 saturated carbocycles. The van der Waals surface area contributed by atoms with E-state index in [4.69, 9.17) is 0 Å². The SMILES string of the molecule is [CH2]CCCCC(CC)CCCCCC. The van der Waals surface area contributed by atoms with Gasteiger partial charge in [0, 0.05) is 0 Å². The van der Waals surface area contributed by atoms with E-state index in [1.165, 1.54) is 57.8 Å². The average Bonchev–Trinajstić information content (AvgIpc) is 2.22. The van der Waals surface area contributed by atoms with Crippen molar-refractivity contribution in [3.05, 3.63) is 6.92 Å². The molecule has 0 aromatic carbocycles. The van der Waals surface area contributed by atoms with Crippen molar-refractivity contribution in [1.82, 2.24) is 0 Å². The van der Waals surface area contributed by atoms with Gasteiger partial charge in [0.2, 0.25) is 0 Å². The highest BCUT2D eigenvalue weighted by Gasteiger charge is 2.04. The summed E-state index contributed by atoms with van der Waals surface area (Å²) in [5, 5.41) is 0. The van der Waals surface area contributed by atoms with Crippen LogP contribution in [0.3, 0.4) is 0 Å². The number of hydrogen-bond acceptors (Lipinski definition) is 0. The smallest absolute Gasteiger partial charge is 0.0417 e. The Hall–Kier alpha value is 0. The van der Waals surface area contributed by atoms with Gasteiger partial charge in [-0.2, -0.15) is 0 Å². The highest BCUT2D eigenvalue weighted by Crippen LogP contribution is 2.20. The Morgan fingerprint density at radius 3 is 2.00 bits per heavy atom. The van der Waals surface area contributed by atoms with Crippen LogP contribution in [0.5, 0.6) is 0 Å². The summed E-state index contributed by atoms with van der Waals surface area (Å²) in [7, 11) is 0. The third-order valence-electron chi connectivity index (χ3n) is 3.16. The predicted octanol–water partition coefficient (Wildman–Crippen LogP) is 5.38. The van der Waals surface area contributed by atoms with Gasteiger partial charge in [0.1, 0.15) is 0 Å². The molecule has 0 rings (SSSR count). The number of unbranched alkanes of at least 4 members (excludes halogenated alkanes) is 5. The van der Waals surface area contributed by atoms with Crippen LogP contribution in [-0.4, -0.2) is 0 Å². The molecule has 0 saturated heterocycles. The average molecular weight is 197 g/mol. The van der Waals surface area contributed by atoms with Crippen molar-refractivity contribution in [2.45, 2.75) is 78.1 Å². The first-order valence-electron chi connectivity index (χ1n) is 6.64. The molecule has 0 fully saturated rings. The van der Waals surface area contributed by atoms with Gasteiger partial charge in [0.05, 0.1) is 0 Å². The number of rotatable bonds is 10. The van der Waals surface area contributed by atoms with Crippen molar-refractivity contribution in [2.24, 2.45) is 5.92 Å². The van der Waals surface area contributed by atoms with Gasteiger partial charge in [-0.15, -0.1) is 0 Å². The molecule has 0 bridgehead atoms. The third kappa shape index (κ3) is 8.59. The fraction of sp³-hybridized carbons (Fsp3) is 0.929. The second-order valence-electron chi connectivity index (χ2n) is 4.47. The van der Waals surface area contributed by atoms with E-state index in [9.17, 15) is 0 Å². The van der Waals surface area contributed by atoms with E-state index in [2.05, 4.69) is 20.8 Å². The standard InChI is InChI=1S/C14H29/c1-4-7-9-11-13-14(6-3)12-10-8-5-2/h14H,2,4-13H2,1,3H3. The Kier molecular flexibility index (Phi) is 11.1. The first-order chi connectivity index (χ1) is 6.85. The zero-order valence-corrected chi connectivity index (χ0v) is 10.4. The fourth-order valence-electron chi connectivity index (χ4n) is 2.02. The van der Waals surface area contributed by atoms with Gasteiger partial charge >= 0.3 is 0 Å². The quantitative estimate of drug-likeness (QED) is 0.413. The summed E-state index contributed by atoms with van der Waals surface area (Å²) in [6, 6.07) is 0. The molecule has 85 valence electrons. The van der Waals surface area contributed by atoms with E-state index in [0.717, 1.165) is 12.3 Å². The summed E-state index contributed by atoms with van der Waals surface area (Å²) in [6.45, 7) is 8.52. The van der Waals surface area contributed by atoms with Crippen molar-refractivity contribution in [3.63, 3.8) is 0 Å². The summed E-state index contributed by atoms with van der Waals surface area (Å²) in [4.78, 5) is 0. The molecule has 0 heterocycles. The van der Waals surface area contributed by atoms with E-state index in [1.807, 2.05) is 0 Å². The number of hydrogen-bond donors (Lipinski definition) is 0. The predicted molar refractivity (Wildman–Crippen MR) is 66.4 cm³/mol. The van der Waals surface area contributed by atoms with E-state index in [1.54, 1.807) is 0 Å². The minimum absolute atomic E-state index is 0.999. The molecule has 0 aliphatic heterocycles. The molecule has 0 aliphatic rings. The van der Waals surface area contributed by atoms with Crippen LogP contribution in [-0.2, 0) is 0 Å². The van der Waals surface area contributed by atoms with Crippen molar-refractivity contribution < 1.29 is 0 Å². The Morgan fingerprint density at radius 1 is 0.857 bits per heavy atom. The van der Waals surface area contributed by atoms with Crippen molar-refractivity contribution >= 4 is 0 Å². The van der Waals surface area contributed by atoms with Crippen LogP contribution in [0.1, 0.15) is 78.1 Å². The minimum atomic E-state index is 0.999. The van der Waals surface area contributed by atoms with Crippen LogP contribution in [0.4, 0.5) is 0 Å². The molecule has 1 atom stereocenters. The monoisotopic (exact) mass is 197 g/mol. The normalized spacial score (nSPS) is 13.1. The molecular weight excluding hydrogens is 168 g/mol. The van der Waals surface area contributed by atoms with E-state index < -0.39 is 0 Å². The van der Waals surface area contributed by atoms with Crippen LogP contribution in [0.25, 0.3) is 0 Å². The summed E-state index contributed by atoms with van der Waals surface area (Å²) < 4.78 is 0. The third-order valence-corrected chi connectivity index (χ3v) is 3.16. The molecule has 0 aromatic rings. The molecule has 0 N–H and O–H groups in total. The van der Waals surface area contributed by atoms with E-state index in [-0.39, 0.29) is 0 Å². The molecule has 0 nitrogen and oxygen atoms in total. The van der Waals surface area contributed by atoms with Crippen molar-refractivity contribution in [1.29, 1.82) is 0 Å². The van der Waals surface area contributed by atoms with E-state index in [0.29, 0.717) is 0 Å². The zero-order valence-electron chi connectivity index (χ0n) is 10.4. The molecule has 0 spiro atoms. The van der Waals surface area contributed by atoms with E-state index >= 15 is 0 Å². The lowest BCUT2D eigenvalue weighted by atomic mass is 9.93.